The zero-order valence-corrected chi connectivity index (χ0v) is 35.8. The monoisotopic (exact) mass is 801 g/mol. The smallest absolute Gasteiger partial charge is 0.407 e. The van der Waals surface area contributed by atoms with Crippen LogP contribution in [0.4, 0.5) is 4.79 Å². The van der Waals surface area contributed by atoms with E-state index in [4.69, 9.17) is 14.2 Å². The van der Waals surface area contributed by atoms with Crippen LogP contribution in [0.3, 0.4) is 0 Å². The summed E-state index contributed by atoms with van der Waals surface area (Å²) in [6.45, 7) is 6.39. The third kappa shape index (κ3) is 17.8. The molecule has 0 heterocycles. The van der Waals surface area contributed by atoms with Crippen molar-refractivity contribution < 1.29 is 33.4 Å². The molecule has 2 aromatic rings. The van der Waals surface area contributed by atoms with Gasteiger partial charge in [-0.2, -0.15) is 0 Å². The van der Waals surface area contributed by atoms with Crippen molar-refractivity contribution in [3.63, 3.8) is 0 Å². The maximum Gasteiger partial charge on any atom is 0.407 e. The Labute approximate surface area is 348 Å². The molecule has 2 N–H and O–H groups in total. The first kappa shape index (κ1) is 46.5. The van der Waals surface area contributed by atoms with Crippen LogP contribution in [-0.2, 0) is 28.6 Å². The topological polar surface area (TPSA) is 120 Å². The Kier molecular flexibility index (Phi) is 20.9. The van der Waals surface area contributed by atoms with Crippen LogP contribution < -0.4 is 10.6 Å². The van der Waals surface area contributed by atoms with Crippen LogP contribution in [0.5, 0.6) is 0 Å². The third-order valence-corrected chi connectivity index (χ3v) is 11.2. The van der Waals surface area contributed by atoms with E-state index < -0.39 is 23.7 Å². The Morgan fingerprint density at radius 1 is 0.690 bits per heavy atom. The number of allylic oxidation sites excluding steroid dienone is 1. The Morgan fingerprint density at radius 2 is 1.24 bits per heavy atom. The van der Waals surface area contributed by atoms with Crippen molar-refractivity contribution in [3.05, 3.63) is 71.8 Å². The number of nitrogens with one attached hydrogen (secondary N) is 2. The molecular formula is C49H72N2O7. The van der Waals surface area contributed by atoms with E-state index in [1.165, 1.54) is 68.9 Å². The van der Waals surface area contributed by atoms with Crippen molar-refractivity contribution in [3.8, 4) is 11.1 Å². The molecule has 0 spiro atoms. The average molecular weight is 801 g/mol. The summed E-state index contributed by atoms with van der Waals surface area (Å²) in [5.41, 5.74) is 4.22. The molecule has 9 nitrogen and oxygen atoms in total. The Balaban J connectivity index is 1.07. The van der Waals surface area contributed by atoms with Crippen LogP contribution in [0.2, 0.25) is 0 Å². The summed E-state index contributed by atoms with van der Waals surface area (Å²) >= 11 is 0. The van der Waals surface area contributed by atoms with Crippen molar-refractivity contribution in [1.29, 1.82) is 0 Å². The van der Waals surface area contributed by atoms with Crippen LogP contribution in [0, 0.1) is 5.92 Å². The summed E-state index contributed by atoms with van der Waals surface area (Å²) in [6, 6.07) is 15.6. The van der Waals surface area contributed by atoms with E-state index in [1.807, 2.05) is 45.0 Å². The molecule has 2 aliphatic rings. The molecule has 0 saturated heterocycles. The molecule has 0 saturated carbocycles. The van der Waals surface area contributed by atoms with Crippen molar-refractivity contribution >= 4 is 23.9 Å². The molecule has 0 radical (unpaired) electrons. The molecule has 0 fully saturated rings. The van der Waals surface area contributed by atoms with Gasteiger partial charge in [0.05, 0.1) is 6.61 Å². The molecule has 2 atom stereocenters. The quantitative estimate of drug-likeness (QED) is 0.0421. The molecule has 1 unspecified atom stereocenters. The lowest BCUT2D eigenvalue weighted by Crippen LogP contribution is -2.44. The lowest BCUT2D eigenvalue weighted by molar-refractivity contribution is -0.155. The molecule has 320 valence electrons. The second kappa shape index (κ2) is 26.1. The van der Waals surface area contributed by atoms with E-state index >= 15 is 0 Å². The molecular weight excluding hydrogens is 729 g/mol. The fourth-order valence-corrected chi connectivity index (χ4v) is 8.03. The maximum absolute atomic E-state index is 13.3. The number of amides is 2. The normalized spacial score (nSPS) is 15.5. The Morgan fingerprint density at radius 3 is 1.83 bits per heavy atom. The van der Waals surface area contributed by atoms with Gasteiger partial charge < -0.3 is 24.8 Å². The predicted octanol–water partition coefficient (Wildman–Crippen LogP) is 11.3. The Hall–Kier alpha value is -4.14. The van der Waals surface area contributed by atoms with Crippen molar-refractivity contribution in [2.45, 2.75) is 173 Å². The maximum atomic E-state index is 13.3. The molecule has 2 aliphatic carbocycles. The number of benzene rings is 2. The first-order chi connectivity index (χ1) is 28.1. The number of hydrogen-bond donors (Lipinski definition) is 2. The van der Waals surface area contributed by atoms with Gasteiger partial charge in [0, 0.05) is 31.2 Å². The predicted molar refractivity (Wildman–Crippen MR) is 231 cm³/mol. The van der Waals surface area contributed by atoms with Crippen molar-refractivity contribution in [2.75, 3.05) is 19.8 Å². The van der Waals surface area contributed by atoms with E-state index in [1.54, 1.807) is 0 Å². The van der Waals surface area contributed by atoms with Gasteiger partial charge in [-0.3, -0.25) is 9.59 Å². The molecule has 58 heavy (non-hydrogen) atoms. The Bertz CT molecular complexity index is 1540. The first-order valence-electron chi connectivity index (χ1n) is 22.5. The molecule has 0 aromatic heterocycles. The summed E-state index contributed by atoms with van der Waals surface area (Å²) in [4.78, 5) is 50.9. The second-order valence-electron chi connectivity index (χ2n) is 17.3. The molecule has 0 bridgehead atoms. The van der Waals surface area contributed by atoms with E-state index in [9.17, 15) is 19.2 Å². The number of ether oxygens (including phenoxy) is 3. The summed E-state index contributed by atoms with van der Waals surface area (Å²) in [5.74, 6) is -0.576. The van der Waals surface area contributed by atoms with Crippen LogP contribution in [-0.4, -0.2) is 55.3 Å². The number of carbonyl (C=O) groups is 4. The number of rotatable bonds is 26. The molecule has 2 aromatic carbocycles. The summed E-state index contributed by atoms with van der Waals surface area (Å²) < 4.78 is 16.8. The largest absolute Gasteiger partial charge is 0.464 e. The lowest BCUT2D eigenvalue weighted by Gasteiger charge is -2.20. The SMILES string of the molecule is CC(C)(C)OC(=O)CCCCCCCCCCCCCCCCC(=O)N[C@@H](CCNC(=O)OCC1c2ccccc2-c2ccccc21)C(=O)OCC1C=CCCCC1. The average Bonchev–Trinajstić information content (AvgIpc) is 3.30. The van der Waals surface area contributed by atoms with Crippen LogP contribution in [0.25, 0.3) is 11.1 Å². The number of hydrogen-bond acceptors (Lipinski definition) is 7. The van der Waals surface area contributed by atoms with Crippen LogP contribution in [0.15, 0.2) is 60.7 Å². The lowest BCUT2D eigenvalue weighted by atomic mass is 9.98. The minimum Gasteiger partial charge on any atom is -0.464 e. The summed E-state index contributed by atoms with van der Waals surface area (Å²) in [7, 11) is 0. The summed E-state index contributed by atoms with van der Waals surface area (Å²) in [6.07, 6.45) is 25.1. The van der Waals surface area contributed by atoms with E-state index in [0.29, 0.717) is 19.4 Å². The van der Waals surface area contributed by atoms with Gasteiger partial charge in [0.1, 0.15) is 18.2 Å². The van der Waals surface area contributed by atoms with Crippen molar-refractivity contribution in [1.82, 2.24) is 10.6 Å². The molecule has 4 rings (SSSR count). The number of esters is 2. The van der Waals surface area contributed by atoms with E-state index in [0.717, 1.165) is 68.9 Å². The minimum atomic E-state index is -0.847. The molecule has 2 amide bonds. The number of unbranched alkanes of at least 4 members (excludes halogenated alkanes) is 13. The fourth-order valence-electron chi connectivity index (χ4n) is 8.03. The van der Waals surface area contributed by atoms with Gasteiger partial charge in [0.2, 0.25) is 5.91 Å². The highest BCUT2D eigenvalue weighted by molar-refractivity contribution is 5.84. The highest BCUT2D eigenvalue weighted by atomic mass is 16.6. The zero-order valence-electron chi connectivity index (χ0n) is 35.8. The second-order valence-corrected chi connectivity index (χ2v) is 17.3. The van der Waals surface area contributed by atoms with Gasteiger partial charge in [0.15, 0.2) is 0 Å². The van der Waals surface area contributed by atoms with Gasteiger partial charge in [-0.05, 0) is 81.5 Å². The number of carbonyl (C=O) groups excluding carboxylic acids is 4. The van der Waals surface area contributed by atoms with Crippen LogP contribution >= 0.6 is 0 Å². The van der Waals surface area contributed by atoms with Gasteiger partial charge in [-0.25, -0.2) is 9.59 Å². The molecule has 9 heteroatoms. The van der Waals surface area contributed by atoms with E-state index in [2.05, 4.69) is 47.1 Å². The van der Waals surface area contributed by atoms with Gasteiger partial charge in [0.25, 0.3) is 0 Å². The van der Waals surface area contributed by atoms with Gasteiger partial charge in [-0.15, -0.1) is 0 Å². The molecule has 0 aliphatic heterocycles. The van der Waals surface area contributed by atoms with Gasteiger partial charge >= 0.3 is 18.0 Å². The number of fused-ring (bicyclic) bond motifs is 3. The van der Waals surface area contributed by atoms with E-state index in [-0.39, 0.29) is 43.3 Å². The summed E-state index contributed by atoms with van der Waals surface area (Å²) in [5, 5.41) is 5.70. The fraction of sp³-hybridized carbons (Fsp3) is 0.633. The van der Waals surface area contributed by atoms with Crippen LogP contribution in [0.1, 0.15) is 173 Å². The zero-order chi connectivity index (χ0) is 41.4. The first-order valence-corrected chi connectivity index (χ1v) is 22.5. The number of alkyl carbamates (subject to hydrolysis) is 1. The standard InChI is InChI=1S/C49H72N2O7/c1-49(2,3)58-46(53)33-21-15-13-11-9-7-5-4-6-8-10-12-14-20-32-45(52)51-44(47(54)56-36-38-26-18-16-17-19-27-38)34-35-50-48(55)57-37-43-41-30-24-22-28-39(41)40-29-23-25-31-42(40)43/h18,22-26,28-31,38,43-44H,4-17,19-21,27,32-37H2,1-3H3,(H,50,55)(H,51,52)/t38?,44-/m0/s1. The highest BCUT2D eigenvalue weighted by Crippen LogP contribution is 2.44. The van der Waals surface area contributed by atoms with Gasteiger partial charge in [-0.1, -0.05) is 144 Å². The highest BCUT2D eigenvalue weighted by Gasteiger charge is 2.29. The minimum absolute atomic E-state index is 0.0414. The van der Waals surface area contributed by atoms with Crippen molar-refractivity contribution in [2.24, 2.45) is 5.92 Å². The third-order valence-electron chi connectivity index (χ3n) is 11.2.